The van der Waals surface area contributed by atoms with Gasteiger partial charge in [-0.05, 0) is 57.0 Å². The second kappa shape index (κ2) is 7.01. The van der Waals surface area contributed by atoms with Crippen LogP contribution < -0.4 is 5.49 Å². The number of pyridine rings is 2. The highest BCUT2D eigenvalue weighted by atomic mass is 16.2. The average Bonchev–Trinajstić information content (AvgIpc) is 2.58. The fraction of sp³-hybridized carbons (Fsp3) is 0.286. The first-order chi connectivity index (χ1) is 12.0. The van der Waals surface area contributed by atoms with E-state index >= 15 is 0 Å². The molecule has 0 bridgehead atoms. The van der Waals surface area contributed by atoms with Crippen LogP contribution in [0.5, 0.6) is 0 Å². The Balaban J connectivity index is 2.04. The summed E-state index contributed by atoms with van der Waals surface area (Å²) in [5.41, 5.74) is 4.68. The van der Waals surface area contributed by atoms with E-state index in [0.717, 1.165) is 27.7 Å². The third-order valence-electron chi connectivity index (χ3n) is 4.31. The number of fused-ring (bicyclic) bond motifs is 1. The standard InChI is InChI=1S/C21H23N3O/c1-14(2)22-20-11-7-8-12-24(20)21(25)13-18-15(3)17-9-5-6-10-19(17)23-16(18)4/h5-12,14H,13H2,1-4H3. The van der Waals surface area contributed by atoms with E-state index in [9.17, 15) is 4.79 Å². The number of aryl methyl sites for hydroxylation is 2. The fourth-order valence-electron chi connectivity index (χ4n) is 3.08. The van der Waals surface area contributed by atoms with Crippen molar-refractivity contribution in [1.82, 2.24) is 9.55 Å². The highest BCUT2D eigenvalue weighted by Gasteiger charge is 2.14. The van der Waals surface area contributed by atoms with Gasteiger partial charge in [-0.15, -0.1) is 0 Å². The van der Waals surface area contributed by atoms with Crippen LogP contribution in [0.15, 0.2) is 53.7 Å². The molecule has 0 radical (unpaired) electrons. The molecule has 25 heavy (non-hydrogen) atoms. The van der Waals surface area contributed by atoms with E-state index in [2.05, 4.69) is 23.0 Å². The SMILES string of the molecule is Cc1nc2ccccc2c(C)c1CC(=O)n1ccccc1=NC(C)C. The molecule has 0 N–H and O–H groups in total. The number of rotatable bonds is 3. The molecule has 2 heterocycles. The second-order valence-corrected chi connectivity index (χ2v) is 6.54. The van der Waals surface area contributed by atoms with Gasteiger partial charge in [0.05, 0.1) is 11.9 Å². The first-order valence-electron chi connectivity index (χ1n) is 8.57. The maximum absolute atomic E-state index is 12.9. The van der Waals surface area contributed by atoms with Crippen LogP contribution in [0.1, 0.15) is 35.5 Å². The van der Waals surface area contributed by atoms with Gasteiger partial charge in [0.25, 0.3) is 0 Å². The van der Waals surface area contributed by atoms with E-state index in [0.29, 0.717) is 11.9 Å². The third-order valence-corrected chi connectivity index (χ3v) is 4.31. The smallest absolute Gasteiger partial charge is 0.236 e. The molecule has 0 atom stereocenters. The summed E-state index contributed by atoms with van der Waals surface area (Å²) in [6, 6.07) is 13.8. The Morgan fingerprint density at radius 1 is 1.12 bits per heavy atom. The quantitative estimate of drug-likeness (QED) is 0.731. The number of nitrogens with zero attached hydrogens (tertiary/aromatic N) is 3. The molecular formula is C21H23N3O. The lowest BCUT2D eigenvalue weighted by Gasteiger charge is -2.13. The second-order valence-electron chi connectivity index (χ2n) is 6.54. The van der Waals surface area contributed by atoms with Gasteiger partial charge in [-0.2, -0.15) is 0 Å². The lowest BCUT2D eigenvalue weighted by atomic mass is 9.99. The van der Waals surface area contributed by atoms with Crippen LogP contribution in [0, 0.1) is 13.8 Å². The van der Waals surface area contributed by atoms with Gasteiger partial charge in [0.15, 0.2) is 0 Å². The fourth-order valence-corrected chi connectivity index (χ4v) is 3.08. The maximum atomic E-state index is 12.9. The van der Waals surface area contributed by atoms with Crippen LogP contribution in [0.3, 0.4) is 0 Å². The number of hydrogen-bond donors (Lipinski definition) is 0. The summed E-state index contributed by atoms with van der Waals surface area (Å²) in [7, 11) is 0. The van der Waals surface area contributed by atoms with E-state index in [1.807, 2.05) is 57.2 Å². The normalized spacial score (nSPS) is 12.1. The number of carbonyl (C=O) groups is 1. The van der Waals surface area contributed by atoms with E-state index in [4.69, 9.17) is 0 Å². The molecule has 0 saturated carbocycles. The largest absolute Gasteiger partial charge is 0.274 e. The lowest BCUT2D eigenvalue weighted by molar-refractivity contribution is 0.0908. The minimum atomic E-state index is 0.00304. The van der Waals surface area contributed by atoms with Crippen molar-refractivity contribution >= 4 is 16.8 Å². The number of carbonyl (C=O) groups excluding carboxylic acids is 1. The van der Waals surface area contributed by atoms with E-state index in [-0.39, 0.29) is 11.9 Å². The van der Waals surface area contributed by atoms with Crippen molar-refractivity contribution in [2.24, 2.45) is 4.99 Å². The average molecular weight is 333 g/mol. The Hall–Kier alpha value is -2.75. The van der Waals surface area contributed by atoms with Gasteiger partial charge in [0, 0.05) is 23.3 Å². The number of benzene rings is 1. The summed E-state index contributed by atoms with van der Waals surface area (Å²) < 4.78 is 1.63. The third kappa shape index (κ3) is 3.53. The van der Waals surface area contributed by atoms with E-state index < -0.39 is 0 Å². The predicted octanol–water partition coefficient (Wildman–Crippen LogP) is 3.85. The van der Waals surface area contributed by atoms with Crippen LogP contribution >= 0.6 is 0 Å². The summed E-state index contributed by atoms with van der Waals surface area (Å²) >= 11 is 0. The van der Waals surface area contributed by atoms with Gasteiger partial charge in [0.2, 0.25) is 5.91 Å². The van der Waals surface area contributed by atoms with Crippen LogP contribution in [-0.4, -0.2) is 21.5 Å². The molecular weight excluding hydrogens is 310 g/mol. The zero-order chi connectivity index (χ0) is 18.0. The Bertz CT molecular complexity index is 999. The summed E-state index contributed by atoms with van der Waals surface area (Å²) in [5.74, 6) is 0.00304. The van der Waals surface area contributed by atoms with Crippen LogP contribution in [0.25, 0.3) is 10.9 Å². The van der Waals surface area contributed by atoms with Crippen molar-refractivity contribution < 1.29 is 4.79 Å². The van der Waals surface area contributed by atoms with Gasteiger partial charge in [-0.25, -0.2) is 0 Å². The summed E-state index contributed by atoms with van der Waals surface area (Å²) in [5, 5.41) is 1.10. The van der Waals surface area contributed by atoms with Crippen molar-refractivity contribution in [3.05, 3.63) is 71.0 Å². The Morgan fingerprint density at radius 2 is 1.84 bits per heavy atom. The molecule has 0 spiro atoms. The van der Waals surface area contributed by atoms with Gasteiger partial charge < -0.3 is 0 Å². The summed E-state index contributed by atoms with van der Waals surface area (Å²) in [4.78, 5) is 22.1. The highest BCUT2D eigenvalue weighted by molar-refractivity contribution is 5.87. The molecule has 4 nitrogen and oxygen atoms in total. The van der Waals surface area contributed by atoms with Crippen LogP contribution in [0.4, 0.5) is 0 Å². The van der Waals surface area contributed by atoms with E-state index in [1.165, 1.54) is 0 Å². The molecule has 0 amide bonds. The van der Waals surface area contributed by atoms with Crippen molar-refractivity contribution in [2.75, 3.05) is 0 Å². The molecule has 3 aromatic rings. The molecule has 0 saturated heterocycles. The predicted molar refractivity (Wildman–Crippen MR) is 101 cm³/mol. The zero-order valence-corrected chi connectivity index (χ0v) is 15.2. The Morgan fingerprint density at radius 3 is 2.60 bits per heavy atom. The molecule has 3 rings (SSSR count). The number of para-hydroxylation sites is 1. The molecule has 0 aliphatic heterocycles. The maximum Gasteiger partial charge on any atom is 0.236 e. The highest BCUT2D eigenvalue weighted by Crippen LogP contribution is 2.23. The molecule has 2 aromatic heterocycles. The van der Waals surface area contributed by atoms with Gasteiger partial charge >= 0.3 is 0 Å². The molecule has 0 fully saturated rings. The van der Waals surface area contributed by atoms with Gasteiger partial charge in [-0.3, -0.25) is 19.3 Å². The zero-order valence-electron chi connectivity index (χ0n) is 15.2. The number of hydrogen-bond acceptors (Lipinski definition) is 3. The Kier molecular flexibility index (Phi) is 4.79. The minimum absolute atomic E-state index is 0.00304. The first kappa shape index (κ1) is 17.1. The van der Waals surface area contributed by atoms with Crippen molar-refractivity contribution in [2.45, 2.75) is 40.2 Å². The van der Waals surface area contributed by atoms with Gasteiger partial charge in [-0.1, -0.05) is 24.3 Å². The number of aromatic nitrogens is 2. The first-order valence-corrected chi connectivity index (χ1v) is 8.57. The molecule has 0 aliphatic rings. The topological polar surface area (TPSA) is 47.2 Å². The molecule has 4 heteroatoms. The molecule has 0 unspecified atom stereocenters. The van der Waals surface area contributed by atoms with Crippen LogP contribution in [-0.2, 0) is 6.42 Å². The minimum Gasteiger partial charge on any atom is -0.274 e. The van der Waals surface area contributed by atoms with E-state index in [1.54, 1.807) is 10.8 Å². The van der Waals surface area contributed by atoms with Crippen molar-refractivity contribution in [1.29, 1.82) is 0 Å². The Labute approximate surface area is 147 Å². The summed E-state index contributed by atoms with van der Waals surface area (Å²) in [6.45, 7) is 8.04. The molecule has 0 aliphatic carbocycles. The molecule has 1 aromatic carbocycles. The van der Waals surface area contributed by atoms with Crippen LogP contribution in [0.2, 0.25) is 0 Å². The lowest BCUT2D eigenvalue weighted by Crippen LogP contribution is -2.29. The summed E-state index contributed by atoms with van der Waals surface area (Å²) in [6.07, 6.45) is 2.09. The molecule has 128 valence electrons. The van der Waals surface area contributed by atoms with Gasteiger partial charge in [0.1, 0.15) is 5.49 Å². The van der Waals surface area contributed by atoms with Crippen molar-refractivity contribution in [3.8, 4) is 0 Å². The monoisotopic (exact) mass is 333 g/mol. The van der Waals surface area contributed by atoms with Crippen molar-refractivity contribution in [3.63, 3.8) is 0 Å².